The molecule has 0 N–H and O–H groups in total. The first-order valence-corrected chi connectivity index (χ1v) is 10.4. The lowest BCUT2D eigenvalue weighted by atomic mass is 9.79. The molecule has 2 rings (SSSR count). The maximum atomic E-state index is 2.80. The van der Waals surface area contributed by atoms with Crippen molar-refractivity contribution >= 4 is 0 Å². The summed E-state index contributed by atoms with van der Waals surface area (Å²) in [7, 11) is 0. The average molecular weight is 323 g/mol. The Kier molecular flexibility index (Phi) is 7.41. The smallest absolute Gasteiger partial charge is 0.00701 e. The van der Waals surface area contributed by atoms with Crippen molar-refractivity contribution in [1.82, 2.24) is 9.80 Å². The van der Waals surface area contributed by atoms with Gasteiger partial charge in [0.1, 0.15) is 0 Å². The topological polar surface area (TPSA) is 6.48 Å². The van der Waals surface area contributed by atoms with Gasteiger partial charge in [0.25, 0.3) is 0 Å². The second kappa shape index (κ2) is 8.85. The molecule has 136 valence electrons. The summed E-state index contributed by atoms with van der Waals surface area (Å²) in [5, 5.41) is 0. The van der Waals surface area contributed by atoms with Gasteiger partial charge in [0.15, 0.2) is 0 Å². The molecule has 0 saturated carbocycles. The van der Waals surface area contributed by atoms with Gasteiger partial charge in [-0.05, 0) is 76.7 Å². The van der Waals surface area contributed by atoms with E-state index in [-0.39, 0.29) is 0 Å². The third-order valence-corrected chi connectivity index (χ3v) is 6.70. The monoisotopic (exact) mass is 322 g/mol. The number of nitrogens with zero attached hydrogens (tertiary/aromatic N) is 2. The predicted octanol–water partition coefficient (Wildman–Crippen LogP) is 4.89. The molecule has 0 aromatic heterocycles. The molecule has 2 fully saturated rings. The van der Waals surface area contributed by atoms with Gasteiger partial charge in [-0.2, -0.15) is 0 Å². The number of rotatable bonds is 6. The highest BCUT2D eigenvalue weighted by atomic mass is 15.2. The predicted molar refractivity (Wildman–Crippen MR) is 102 cm³/mol. The molecule has 0 bridgehead atoms. The standard InChI is InChI=1S/C21H42N2/c1-7-19-9-8-10-22(13-19)18(6)11-20-12-21(16(2)3)15-23(14-20)17(4)5/h16-21H,7-15H2,1-6H3/t18?,19-,20?,21?/m1/s1. The normalized spacial score (nSPS) is 32.6. The fourth-order valence-corrected chi connectivity index (χ4v) is 4.82. The van der Waals surface area contributed by atoms with Gasteiger partial charge >= 0.3 is 0 Å². The molecule has 0 aromatic carbocycles. The van der Waals surface area contributed by atoms with Crippen LogP contribution in [0.25, 0.3) is 0 Å². The second-order valence-electron chi connectivity index (χ2n) is 9.15. The van der Waals surface area contributed by atoms with Crippen LogP contribution in [0, 0.1) is 23.7 Å². The summed E-state index contributed by atoms with van der Waals surface area (Å²) in [5.74, 6) is 3.57. The van der Waals surface area contributed by atoms with Gasteiger partial charge in [0.2, 0.25) is 0 Å². The van der Waals surface area contributed by atoms with Crippen LogP contribution in [0.5, 0.6) is 0 Å². The highest BCUT2D eigenvalue weighted by Gasteiger charge is 2.32. The van der Waals surface area contributed by atoms with Crippen LogP contribution in [0.1, 0.15) is 73.6 Å². The first kappa shape index (κ1) is 19.2. The largest absolute Gasteiger partial charge is 0.300 e. The minimum atomic E-state index is 0.703. The molecule has 2 heterocycles. The maximum Gasteiger partial charge on any atom is 0.00701 e. The zero-order valence-corrected chi connectivity index (χ0v) is 16.7. The lowest BCUT2D eigenvalue weighted by Gasteiger charge is -2.44. The first-order valence-electron chi connectivity index (χ1n) is 10.4. The van der Waals surface area contributed by atoms with Crippen molar-refractivity contribution in [2.75, 3.05) is 26.2 Å². The van der Waals surface area contributed by atoms with Gasteiger partial charge in [-0.15, -0.1) is 0 Å². The van der Waals surface area contributed by atoms with Crippen molar-refractivity contribution in [3.63, 3.8) is 0 Å². The summed E-state index contributed by atoms with van der Waals surface area (Å²) in [6.07, 6.45) is 7.10. The van der Waals surface area contributed by atoms with E-state index in [1.807, 2.05) is 0 Å². The number of hydrogen-bond acceptors (Lipinski definition) is 2. The quantitative estimate of drug-likeness (QED) is 0.687. The van der Waals surface area contributed by atoms with Crippen molar-refractivity contribution < 1.29 is 0 Å². The molecule has 23 heavy (non-hydrogen) atoms. The molecule has 4 atom stereocenters. The SMILES string of the molecule is CC[C@@H]1CCCN(C(C)CC2CC(C(C)C)CN(C(C)C)C2)C1. The van der Waals surface area contributed by atoms with Crippen LogP contribution in [0.3, 0.4) is 0 Å². The number of likely N-dealkylation sites (tertiary alicyclic amines) is 2. The van der Waals surface area contributed by atoms with Crippen LogP contribution in [0.4, 0.5) is 0 Å². The molecule has 2 heteroatoms. The van der Waals surface area contributed by atoms with E-state index >= 15 is 0 Å². The van der Waals surface area contributed by atoms with Crippen molar-refractivity contribution in [2.45, 2.75) is 85.7 Å². The van der Waals surface area contributed by atoms with E-state index in [0.717, 1.165) is 29.7 Å². The molecular formula is C21H42N2. The Balaban J connectivity index is 1.91. The zero-order chi connectivity index (χ0) is 17.0. The summed E-state index contributed by atoms with van der Waals surface area (Å²) in [6.45, 7) is 19.8. The van der Waals surface area contributed by atoms with E-state index in [1.54, 1.807) is 0 Å². The molecule has 2 saturated heterocycles. The van der Waals surface area contributed by atoms with Crippen LogP contribution in [0.15, 0.2) is 0 Å². The molecule has 0 aromatic rings. The molecule has 0 aliphatic carbocycles. The molecular weight excluding hydrogens is 280 g/mol. The lowest BCUT2D eigenvalue weighted by Crippen LogP contribution is -2.48. The fourth-order valence-electron chi connectivity index (χ4n) is 4.82. The average Bonchev–Trinajstić information content (AvgIpc) is 2.54. The molecule has 2 aliphatic heterocycles. The van der Waals surface area contributed by atoms with Crippen LogP contribution >= 0.6 is 0 Å². The van der Waals surface area contributed by atoms with E-state index in [0.29, 0.717) is 6.04 Å². The maximum absolute atomic E-state index is 2.80. The van der Waals surface area contributed by atoms with Gasteiger partial charge in [-0.25, -0.2) is 0 Å². The summed E-state index contributed by atoms with van der Waals surface area (Å²) in [6, 6.07) is 1.48. The van der Waals surface area contributed by atoms with Crippen molar-refractivity contribution in [3.05, 3.63) is 0 Å². The molecule has 0 spiro atoms. The van der Waals surface area contributed by atoms with E-state index in [9.17, 15) is 0 Å². The Morgan fingerprint density at radius 1 is 0.913 bits per heavy atom. The summed E-state index contributed by atoms with van der Waals surface area (Å²) in [5.41, 5.74) is 0. The first-order chi connectivity index (χ1) is 10.9. The van der Waals surface area contributed by atoms with Crippen LogP contribution in [0.2, 0.25) is 0 Å². The summed E-state index contributed by atoms with van der Waals surface area (Å²) >= 11 is 0. The highest BCUT2D eigenvalue weighted by Crippen LogP contribution is 2.32. The van der Waals surface area contributed by atoms with Gasteiger partial charge < -0.3 is 9.80 Å². The van der Waals surface area contributed by atoms with Crippen LogP contribution in [-0.2, 0) is 0 Å². The fraction of sp³-hybridized carbons (Fsp3) is 1.00. The minimum absolute atomic E-state index is 0.703. The molecule has 0 radical (unpaired) electrons. The molecule has 2 nitrogen and oxygen atoms in total. The van der Waals surface area contributed by atoms with Crippen molar-refractivity contribution in [3.8, 4) is 0 Å². The van der Waals surface area contributed by atoms with Crippen molar-refractivity contribution in [1.29, 1.82) is 0 Å². The van der Waals surface area contributed by atoms with Crippen LogP contribution in [-0.4, -0.2) is 48.1 Å². The number of hydrogen-bond donors (Lipinski definition) is 0. The zero-order valence-electron chi connectivity index (χ0n) is 16.7. The highest BCUT2D eigenvalue weighted by molar-refractivity contribution is 4.86. The third-order valence-electron chi connectivity index (χ3n) is 6.70. The van der Waals surface area contributed by atoms with Gasteiger partial charge in [0.05, 0.1) is 0 Å². The Hall–Kier alpha value is -0.0800. The van der Waals surface area contributed by atoms with Gasteiger partial charge in [-0.1, -0.05) is 27.2 Å². The number of piperidine rings is 2. The second-order valence-corrected chi connectivity index (χ2v) is 9.15. The summed E-state index contributed by atoms with van der Waals surface area (Å²) < 4.78 is 0. The Morgan fingerprint density at radius 3 is 2.22 bits per heavy atom. The molecule has 3 unspecified atom stereocenters. The Labute approximate surface area is 146 Å². The van der Waals surface area contributed by atoms with Gasteiger partial charge in [0, 0.05) is 31.7 Å². The Bertz CT molecular complexity index is 323. The van der Waals surface area contributed by atoms with E-state index in [1.165, 1.54) is 58.3 Å². The minimum Gasteiger partial charge on any atom is -0.300 e. The van der Waals surface area contributed by atoms with Crippen molar-refractivity contribution in [2.24, 2.45) is 23.7 Å². The van der Waals surface area contributed by atoms with Gasteiger partial charge in [-0.3, -0.25) is 0 Å². The Morgan fingerprint density at radius 2 is 1.61 bits per heavy atom. The van der Waals surface area contributed by atoms with E-state index in [2.05, 4.69) is 51.3 Å². The van der Waals surface area contributed by atoms with E-state index in [4.69, 9.17) is 0 Å². The lowest BCUT2D eigenvalue weighted by molar-refractivity contribution is 0.0493. The van der Waals surface area contributed by atoms with Crippen LogP contribution < -0.4 is 0 Å². The molecule has 0 amide bonds. The van der Waals surface area contributed by atoms with E-state index < -0.39 is 0 Å². The summed E-state index contributed by atoms with van der Waals surface area (Å²) in [4.78, 5) is 5.55. The third kappa shape index (κ3) is 5.46. The molecule has 2 aliphatic rings.